The van der Waals surface area contributed by atoms with E-state index in [-0.39, 0.29) is 0 Å². The standard InChI is InChI=1S/C57H42O/c1-38-18-24-41(25-19-38)42-26-20-39(21-27-42)36-40-22-28-43(29-23-40)45-32-35-50-49-12-5-7-16-53(49)57(54(50)37-45,46-10-3-2-4-11-46)47-33-30-44(31-34-47)48-14-9-15-52-51-13-6-8-17-55(51)58-56(48)52/h2-28,30-35,37,43H,29,36H2,1H3. The molecule has 2 aliphatic rings. The molecular formula is C57H42O. The third kappa shape index (κ3) is 5.61. The molecule has 0 saturated carbocycles. The van der Waals surface area contributed by atoms with Crippen molar-refractivity contribution >= 4 is 21.9 Å². The third-order valence-electron chi connectivity index (χ3n) is 12.7. The van der Waals surface area contributed by atoms with Gasteiger partial charge >= 0.3 is 0 Å². The predicted octanol–water partition coefficient (Wildman–Crippen LogP) is 14.8. The molecule has 0 radical (unpaired) electrons. The van der Waals surface area contributed by atoms with Crippen molar-refractivity contribution in [3.8, 4) is 33.4 Å². The van der Waals surface area contributed by atoms with Crippen LogP contribution in [0.4, 0.5) is 0 Å². The van der Waals surface area contributed by atoms with Crippen molar-refractivity contribution in [1.82, 2.24) is 0 Å². The molecule has 0 spiro atoms. The number of para-hydroxylation sites is 2. The Morgan fingerprint density at radius 3 is 1.98 bits per heavy atom. The molecule has 276 valence electrons. The first-order chi connectivity index (χ1) is 28.6. The molecule has 9 aromatic rings. The minimum Gasteiger partial charge on any atom is -0.455 e. The molecule has 0 fully saturated rings. The van der Waals surface area contributed by atoms with Crippen LogP contribution in [-0.2, 0) is 11.8 Å². The minimum atomic E-state index is -0.475. The van der Waals surface area contributed by atoms with Crippen LogP contribution in [0, 0.1) is 6.92 Å². The fraction of sp³-hybridized carbons (Fsp3) is 0.0877. The fourth-order valence-electron chi connectivity index (χ4n) is 9.72. The minimum absolute atomic E-state index is 0.307. The summed E-state index contributed by atoms with van der Waals surface area (Å²) in [6.45, 7) is 2.13. The first-order valence-corrected chi connectivity index (χ1v) is 20.5. The van der Waals surface area contributed by atoms with E-state index in [0.29, 0.717) is 5.92 Å². The van der Waals surface area contributed by atoms with Crippen LogP contribution >= 0.6 is 0 Å². The summed E-state index contributed by atoms with van der Waals surface area (Å²) in [5.74, 6) is 0.307. The van der Waals surface area contributed by atoms with Gasteiger partial charge < -0.3 is 4.42 Å². The van der Waals surface area contributed by atoms with Gasteiger partial charge in [-0.3, -0.25) is 0 Å². The number of aryl methyl sites for hydroxylation is 1. The molecule has 8 aromatic carbocycles. The van der Waals surface area contributed by atoms with Gasteiger partial charge in [0.25, 0.3) is 0 Å². The molecule has 0 aliphatic heterocycles. The molecule has 2 aliphatic carbocycles. The monoisotopic (exact) mass is 742 g/mol. The second-order valence-electron chi connectivity index (χ2n) is 16.0. The van der Waals surface area contributed by atoms with E-state index in [1.807, 2.05) is 6.07 Å². The Balaban J connectivity index is 0.948. The van der Waals surface area contributed by atoms with Crippen LogP contribution in [0.15, 0.2) is 216 Å². The molecule has 1 heteroatoms. The highest BCUT2D eigenvalue weighted by Crippen LogP contribution is 2.57. The quantitative estimate of drug-likeness (QED) is 0.158. The average molecular weight is 743 g/mol. The number of hydrogen-bond donors (Lipinski definition) is 0. The number of benzene rings is 8. The summed E-state index contributed by atoms with van der Waals surface area (Å²) >= 11 is 0. The Bertz CT molecular complexity index is 3030. The highest BCUT2D eigenvalue weighted by Gasteiger charge is 2.46. The summed E-state index contributed by atoms with van der Waals surface area (Å²) in [5.41, 5.74) is 19.4. The predicted molar refractivity (Wildman–Crippen MR) is 241 cm³/mol. The van der Waals surface area contributed by atoms with Crippen molar-refractivity contribution < 1.29 is 4.42 Å². The highest BCUT2D eigenvalue weighted by molar-refractivity contribution is 6.09. The zero-order chi connectivity index (χ0) is 38.6. The smallest absolute Gasteiger partial charge is 0.143 e. The second-order valence-corrected chi connectivity index (χ2v) is 16.0. The molecule has 0 N–H and O–H groups in total. The summed E-state index contributed by atoms with van der Waals surface area (Å²) in [4.78, 5) is 0. The zero-order valence-electron chi connectivity index (χ0n) is 32.5. The molecular weight excluding hydrogens is 701 g/mol. The van der Waals surface area contributed by atoms with Gasteiger partial charge in [-0.15, -0.1) is 0 Å². The third-order valence-corrected chi connectivity index (χ3v) is 12.7. The molecule has 11 rings (SSSR count). The van der Waals surface area contributed by atoms with E-state index < -0.39 is 5.41 Å². The van der Waals surface area contributed by atoms with Crippen LogP contribution in [0.1, 0.15) is 51.3 Å². The van der Waals surface area contributed by atoms with Crippen molar-refractivity contribution in [1.29, 1.82) is 0 Å². The van der Waals surface area contributed by atoms with Crippen molar-refractivity contribution in [3.63, 3.8) is 0 Å². The number of fused-ring (bicyclic) bond motifs is 6. The lowest BCUT2D eigenvalue weighted by Gasteiger charge is -2.34. The topological polar surface area (TPSA) is 13.1 Å². The van der Waals surface area contributed by atoms with Gasteiger partial charge in [0, 0.05) is 22.3 Å². The lowest BCUT2D eigenvalue weighted by molar-refractivity contribution is 0.670. The van der Waals surface area contributed by atoms with Crippen LogP contribution in [0.2, 0.25) is 0 Å². The molecule has 1 heterocycles. The lowest BCUT2D eigenvalue weighted by atomic mass is 9.67. The number of hydrogen-bond acceptors (Lipinski definition) is 1. The maximum absolute atomic E-state index is 6.47. The molecule has 58 heavy (non-hydrogen) atoms. The van der Waals surface area contributed by atoms with Crippen LogP contribution in [0.3, 0.4) is 0 Å². The average Bonchev–Trinajstić information content (AvgIpc) is 3.81. The Labute approximate surface area is 340 Å². The van der Waals surface area contributed by atoms with Gasteiger partial charge in [0.15, 0.2) is 0 Å². The Hall–Kier alpha value is -6.96. The molecule has 0 saturated heterocycles. The molecule has 0 bridgehead atoms. The first kappa shape index (κ1) is 34.3. The molecule has 2 unspecified atom stereocenters. The van der Waals surface area contributed by atoms with E-state index in [2.05, 4.69) is 207 Å². The van der Waals surface area contributed by atoms with Gasteiger partial charge in [-0.1, -0.05) is 206 Å². The normalized spacial score (nSPS) is 17.0. The van der Waals surface area contributed by atoms with E-state index in [1.165, 1.54) is 66.8 Å². The Kier molecular flexibility index (Phi) is 8.22. The van der Waals surface area contributed by atoms with E-state index >= 15 is 0 Å². The van der Waals surface area contributed by atoms with Gasteiger partial charge in [0.05, 0.1) is 5.41 Å². The summed E-state index contributed by atoms with van der Waals surface area (Å²) in [6.07, 6.45) is 9.16. The largest absolute Gasteiger partial charge is 0.455 e. The number of furan rings is 1. The van der Waals surface area contributed by atoms with Crippen LogP contribution in [0.25, 0.3) is 55.3 Å². The van der Waals surface area contributed by atoms with Gasteiger partial charge in [-0.25, -0.2) is 0 Å². The maximum Gasteiger partial charge on any atom is 0.143 e. The van der Waals surface area contributed by atoms with E-state index in [9.17, 15) is 0 Å². The van der Waals surface area contributed by atoms with E-state index in [1.54, 1.807) is 0 Å². The van der Waals surface area contributed by atoms with Crippen molar-refractivity contribution in [2.75, 3.05) is 0 Å². The molecule has 0 amide bonds. The number of allylic oxidation sites excluding steroid dienone is 4. The van der Waals surface area contributed by atoms with Crippen molar-refractivity contribution in [2.45, 2.75) is 31.1 Å². The van der Waals surface area contributed by atoms with Gasteiger partial charge in [-0.2, -0.15) is 0 Å². The Morgan fingerprint density at radius 2 is 1.19 bits per heavy atom. The zero-order valence-corrected chi connectivity index (χ0v) is 32.5. The summed E-state index contributed by atoms with van der Waals surface area (Å²) in [7, 11) is 0. The van der Waals surface area contributed by atoms with Crippen molar-refractivity contribution in [3.05, 3.63) is 251 Å². The van der Waals surface area contributed by atoms with Crippen LogP contribution in [-0.4, -0.2) is 0 Å². The molecule has 2 atom stereocenters. The van der Waals surface area contributed by atoms with Gasteiger partial charge in [-0.05, 0) is 92.6 Å². The van der Waals surface area contributed by atoms with Crippen LogP contribution in [0.5, 0.6) is 0 Å². The highest BCUT2D eigenvalue weighted by atomic mass is 16.3. The first-order valence-electron chi connectivity index (χ1n) is 20.5. The lowest BCUT2D eigenvalue weighted by Crippen LogP contribution is -2.28. The molecule has 1 aromatic heterocycles. The SMILES string of the molecule is Cc1ccc(-c2ccc(CC3=CCC(c4ccc5c(c4)C(c4ccccc4)(c4ccc(-c6cccc7c6oc6ccccc67)cc4)c4ccccc4-5)C=C3)cc2)cc1. The number of rotatable bonds is 7. The summed E-state index contributed by atoms with van der Waals surface area (Å²) in [6, 6.07) is 69.4. The van der Waals surface area contributed by atoms with Gasteiger partial charge in [0.2, 0.25) is 0 Å². The maximum atomic E-state index is 6.47. The Morgan fingerprint density at radius 1 is 0.534 bits per heavy atom. The van der Waals surface area contributed by atoms with E-state index in [4.69, 9.17) is 4.42 Å². The van der Waals surface area contributed by atoms with Gasteiger partial charge in [0.1, 0.15) is 11.2 Å². The second kappa shape index (κ2) is 13.9. The summed E-state index contributed by atoms with van der Waals surface area (Å²) in [5, 5.41) is 2.30. The van der Waals surface area contributed by atoms with E-state index in [0.717, 1.165) is 45.9 Å². The summed E-state index contributed by atoms with van der Waals surface area (Å²) < 4.78 is 6.47. The fourth-order valence-corrected chi connectivity index (χ4v) is 9.72. The van der Waals surface area contributed by atoms with Crippen LogP contribution < -0.4 is 0 Å². The van der Waals surface area contributed by atoms with Crippen molar-refractivity contribution in [2.24, 2.45) is 0 Å². The molecule has 1 nitrogen and oxygen atoms in total.